The van der Waals surface area contributed by atoms with Crippen molar-refractivity contribution in [2.45, 2.75) is 30.7 Å². The third-order valence-corrected chi connectivity index (χ3v) is 5.59. The molecule has 0 radical (unpaired) electrons. The van der Waals surface area contributed by atoms with Crippen LogP contribution in [0, 0.1) is 0 Å². The molecule has 5 atom stereocenters. The minimum atomic E-state index is -1.73. The van der Waals surface area contributed by atoms with E-state index in [1.54, 1.807) is 24.3 Å². The third kappa shape index (κ3) is 4.15. The molecule has 0 amide bonds. The van der Waals surface area contributed by atoms with Crippen LogP contribution < -0.4 is 19.6 Å². The van der Waals surface area contributed by atoms with E-state index in [2.05, 4.69) is 0 Å². The van der Waals surface area contributed by atoms with Crippen LogP contribution >= 0.6 is 0 Å². The lowest BCUT2D eigenvalue weighted by Crippen LogP contribution is -2.60. The molecule has 5 N–H and O–H groups in total. The molecule has 5 unspecified atom stereocenters. The quantitative estimate of drug-likeness (QED) is 0.333. The number of rotatable bonds is 6. The fourth-order valence-corrected chi connectivity index (χ4v) is 3.71. The van der Waals surface area contributed by atoms with Crippen LogP contribution in [0.5, 0.6) is 23.0 Å². The molecule has 11 heteroatoms. The molecule has 0 bridgehead atoms. The molecule has 11 nitrogen and oxygen atoms in total. The van der Waals surface area contributed by atoms with E-state index in [4.69, 9.17) is 23.4 Å². The van der Waals surface area contributed by atoms with Gasteiger partial charge in [-0.2, -0.15) is 0 Å². The summed E-state index contributed by atoms with van der Waals surface area (Å²) < 4.78 is 27.1. The molecule has 1 aliphatic rings. The van der Waals surface area contributed by atoms with Crippen LogP contribution in [0.4, 0.5) is 0 Å². The minimum absolute atomic E-state index is 0.00817. The van der Waals surface area contributed by atoms with Gasteiger partial charge in [0.05, 0.1) is 20.8 Å². The molecular formula is C23H24O11. The van der Waals surface area contributed by atoms with Crippen molar-refractivity contribution in [2.24, 2.45) is 0 Å². The fraction of sp³-hybridized carbons (Fsp3) is 0.348. The summed E-state index contributed by atoms with van der Waals surface area (Å²) in [7, 11) is 2.82. The van der Waals surface area contributed by atoms with Crippen LogP contribution in [-0.2, 0) is 4.74 Å². The van der Waals surface area contributed by atoms with Crippen molar-refractivity contribution in [3.05, 3.63) is 46.6 Å². The highest BCUT2D eigenvalue weighted by Crippen LogP contribution is 2.43. The van der Waals surface area contributed by atoms with Gasteiger partial charge in [0.1, 0.15) is 46.9 Å². The summed E-state index contributed by atoms with van der Waals surface area (Å²) in [5.41, 5.74) is 0.0274. The molecule has 2 aromatic carbocycles. The predicted octanol–water partition coefficient (Wildman–Crippen LogP) is 0.361. The van der Waals surface area contributed by atoms with Crippen molar-refractivity contribution < 1.29 is 48.9 Å². The minimum Gasteiger partial charge on any atom is -0.504 e. The van der Waals surface area contributed by atoms with Gasteiger partial charge in [0.15, 0.2) is 16.9 Å². The number of aromatic hydroxyl groups is 1. The van der Waals surface area contributed by atoms with Gasteiger partial charge in [-0.25, -0.2) is 0 Å². The monoisotopic (exact) mass is 476 g/mol. The summed E-state index contributed by atoms with van der Waals surface area (Å²) in [6.07, 6.45) is -7.84. The van der Waals surface area contributed by atoms with Crippen LogP contribution in [0.25, 0.3) is 22.3 Å². The largest absolute Gasteiger partial charge is 0.504 e. The predicted molar refractivity (Wildman–Crippen MR) is 117 cm³/mol. The molecule has 1 aromatic heterocycles. The van der Waals surface area contributed by atoms with E-state index in [-0.39, 0.29) is 28.2 Å². The normalized spacial score (nSPS) is 24.7. The molecule has 0 saturated carbocycles. The highest BCUT2D eigenvalue weighted by atomic mass is 16.7. The molecule has 4 rings (SSSR count). The van der Waals surface area contributed by atoms with Crippen LogP contribution in [0.3, 0.4) is 0 Å². The van der Waals surface area contributed by atoms with E-state index in [1.807, 2.05) is 0 Å². The number of fused-ring (bicyclic) bond motifs is 1. The summed E-state index contributed by atoms with van der Waals surface area (Å²) in [4.78, 5) is 12.9. The Labute approximate surface area is 192 Å². The maximum absolute atomic E-state index is 12.9. The first kappa shape index (κ1) is 23.8. The van der Waals surface area contributed by atoms with Crippen LogP contribution in [0.15, 0.2) is 45.6 Å². The number of hydrogen-bond acceptors (Lipinski definition) is 11. The standard InChI is InChI=1S/C23H24O11/c1-30-11-5-3-10(4-6-11)13-7-12(25)17-14(32-13)8-15(31-2)22(19(17)27)34-23-21(29)20(28)18(26)16(9-24)33-23/h3-8,16,18,20-21,23-24,26-29H,9H2,1-2H3. The Morgan fingerprint density at radius 1 is 0.971 bits per heavy atom. The summed E-state index contributed by atoms with van der Waals surface area (Å²) in [5.74, 6) is -0.187. The van der Waals surface area contributed by atoms with Crippen LogP contribution in [0.2, 0.25) is 0 Å². The Morgan fingerprint density at radius 3 is 2.29 bits per heavy atom. The van der Waals surface area contributed by atoms with Crippen molar-refractivity contribution in [1.82, 2.24) is 0 Å². The Morgan fingerprint density at radius 2 is 1.68 bits per heavy atom. The lowest BCUT2D eigenvalue weighted by Gasteiger charge is -2.39. The number of phenolic OH excluding ortho intramolecular Hbond substituents is 1. The van der Waals surface area contributed by atoms with Crippen LogP contribution in [-0.4, -0.2) is 77.1 Å². The molecule has 34 heavy (non-hydrogen) atoms. The van der Waals surface area contributed by atoms with Gasteiger partial charge in [-0.3, -0.25) is 4.79 Å². The Bertz CT molecular complexity index is 1220. The first-order valence-corrected chi connectivity index (χ1v) is 10.3. The number of aliphatic hydroxyl groups is 4. The number of phenols is 1. The summed E-state index contributed by atoms with van der Waals surface area (Å²) >= 11 is 0. The molecule has 1 fully saturated rings. The van der Waals surface area contributed by atoms with Gasteiger partial charge in [0, 0.05) is 17.7 Å². The lowest BCUT2D eigenvalue weighted by molar-refractivity contribution is -0.277. The maximum Gasteiger partial charge on any atom is 0.229 e. The van der Waals surface area contributed by atoms with Crippen LogP contribution in [0.1, 0.15) is 0 Å². The maximum atomic E-state index is 12.9. The molecule has 0 aliphatic carbocycles. The van der Waals surface area contributed by atoms with Crippen molar-refractivity contribution in [1.29, 1.82) is 0 Å². The second-order valence-electron chi connectivity index (χ2n) is 7.65. The van der Waals surface area contributed by atoms with E-state index in [1.165, 1.54) is 26.4 Å². The van der Waals surface area contributed by atoms with E-state index >= 15 is 0 Å². The first-order chi connectivity index (χ1) is 16.3. The van der Waals surface area contributed by atoms with Gasteiger partial charge in [-0.15, -0.1) is 0 Å². The molecule has 2 heterocycles. The van der Waals surface area contributed by atoms with Crippen molar-refractivity contribution >= 4 is 11.0 Å². The average molecular weight is 476 g/mol. The Hall–Kier alpha value is -3.35. The molecule has 0 spiro atoms. The molecule has 182 valence electrons. The molecule has 1 aliphatic heterocycles. The number of benzene rings is 2. The van der Waals surface area contributed by atoms with Gasteiger partial charge >= 0.3 is 0 Å². The number of methoxy groups -OCH3 is 2. The summed E-state index contributed by atoms with van der Waals surface area (Å²) in [5, 5.41) is 50.2. The van der Waals surface area contributed by atoms with Crippen molar-refractivity contribution in [3.8, 4) is 34.3 Å². The number of aliphatic hydroxyl groups excluding tert-OH is 4. The lowest BCUT2D eigenvalue weighted by atomic mass is 9.99. The topological polar surface area (TPSA) is 168 Å². The van der Waals surface area contributed by atoms with E-state index in [0.29, 0.717) is 11.3 Å². The second-order valence-corrected chi connectivity index (χ2v) is 7.65. The highest BCUT2D eigenvalue weighted by molar-refractivity contribution is 5.89. The zero-order chi connectivity index (χ0) is 24.6. The van der Waals surface area contributed by atoms with E-state index < -0.39 is 48.5 Å². The Kier molecular flexibility index (Phi) is 6.64. The summed E-state index contributed by atoms with van der Waals surface area (Å²) in [6, 6.07) is 9.34. The van der Waals surface area contributed by atoms with E-state index in [0.717, 1.165) is 0 Å². The molecule has 3 aromatic rings. The number of hydrogen-bond donors (Lipinski definition) is 5. The fourth-order valence-electron chi connectivity index (χ4n) is 3.71. The van der Waals surface area contributed by atoms with Gasteiger partial charge in [0.2, 0.25) is 12.0 Å². The number of ether oxygens (including phenoxy) is 4. The smallest absolute Gasteiger partial charge is 0.229 e. The van der Waals surface area contributed by atoms with Gasteiger partial charge in [-0.05, 0) is 24.3 Å². The van der Waals surface area contributed by atoms with Gasteiger partial charge in [-0.1, -0.05) is 0 Å². The van der Waals surface area contributed by atoms with Gasteiger partial charge in [0.25, 0.3) is 0 Å². The average Bonchev–Trinajstić information content (AvgIpc) is 2.85. The van der Waals surface area contributed by atoms with Crippen molar-refractivity contribution in [2.75, 3.05) is 20.8 Å². The molecular weight excluding hydrogens is 452 g/mol. The Balaban J connectivity index is 1.76. The second kappa shape index (κ2) is 9.49. The zero-order valence-electron chi connectivity index (χ0n) is 18.2. The highest BCUT2D eigenvalue weighted by Gasteiger charge is 2.45. The third-order valence-electron chi connectivity index (χ3n) is 5.59. The zero-order valence-corrected chi connectivity index (χ0v) is 18.2. The van der Waals surface area contributed by atoms with Gasteiger partial charge < -0.3 is 48.9 Å². The first-order valence-electron chi connectivity index (χ1n) is 10.3. The summed E-state index contributed by atoms with van der Waals surface area (Å²) in [6.45, 7) is -0.663. The molecule has 1 saturated heterocycles. The van der Waals surface area contributed by atoms with E-state index in [9.17, 15) is 30.3 Å². The van der Waals surface area contributed by atoms with Crippen molar-refractivity contribution in [3.63, 3.8) is 0 Å². The SMILES string of the molecule is COc1ccc(-c2cc(=O)c3c(O)c(OC4OC(CO)C(O)C(O)C4O)c(OC)cc3o2)cc1.